The average Bonchev–Trinajstić information content (AvgIpc) is 2.77. The Hall–Kier alpha value is -3.11. The Bertz CT molecular complexity index is 1250. The highest BCUT2D eigenvalue weighted by atomic mass is 32.2. The zero-order valence-corrected chi connectivity index (χ0v) is 18.7. The summed E-state index contributed by atoms with van der Waals surface area (Å²) in [7, 11) is -5.03. The lowest BCUT2D eigenvalue weighted by Crippen LogP contribution is -2.49. The highest BCUT2D eigenvalue weighted by Crippen LogP contribution is 2.31. The number of amides is 1. The normalized spacial score (nSPS) is 17.2. The van der Waals surface area contributed by atoms with Crippen LogP contribution in [0.25, 0.3) is 0 Å². The Morgan fingerprint density at radius 2 is 1.80 bits per heavy atom. The number of rotatable bonds is 6. The van der Waals surface area contributed by atoms with Gasteiger partial charge in [-0.25, -0.2) is 8.42 Å². The molecular weight excluding hydrogens is 500 g/mol. The molecule has 35 heavy (non-hydrogen) atoms. The second-order valence-electron chi connectivity index (χ2n) is 8.05. The number of carbonyl (C=O) groups is 1. The number of nitrogens with one attached hydrogen (secondary N) is 2. The van der Waals surface area contributed by atoms with Crippen LogP contribution in [0.15, 0.2) is 47.4 Å². The van der Waals surface area contributed by atoms with Crippen LogP contribution in [-0.4, -0.2) is 32.6 Å². The molecule has 0 saturated heterocycles. The van der Waals surface area contributed by atoms with Crippen molar-refractivity contribution in [2.24, 2.45) is 0 Å². The van der Waals surface area contributed by atoms with Gasteiger partial charge >= 0.3 is 12.4 Å². The van der Waals surface area contributed by atoms with Crippen molar-refractivity contribution in [1.29, 1.82) is 5.26 Å². The minimum absolute atomic E-state index is 0.215. The number of sulfonamides is 1. The van der Waals surface area contributed by atoms with Crippen LogP contribution in [0.1, 0.15) is 35.1 Å². The molecule has 1 aliphatic carbocycles. The molecule has 0 radical (unpaired) electrons. The first-order chi connectivity index (χ1) is 16.2. The number of carbonyl (C=O) groups excluding carboxylic acids is 1. The van der Waals surface area contributed by atoms with Crippen LogP contribution >= 0.6 is 0 Å². The van der Waals surface area contributed by atoms with Crippen molar-refractivity contribution in [3.05, 3.63) is 64.7 Å². The Morgan fingerprint density at radius 1 is 1.09 bits per heavy atom. The van der Waals surface area contributed by atoms with Gasteiger partial charge in [-0.3, -0.25) is 4.79 Å². The molecule has 0 spiro atoms. The molecule has 0 aromatic heterocycles. The molecule has 0 fully saturated rings. The maximum absolute atomic E-state index is 13.5. The maximum Gasteiger partial charge on any atom is 0.416 e. The molecule has 3 rings (SSSR count). The minimum atomic E-state index is -5.18. The van der Waals surface area contributed by atoms with Gasteiger partial charge in [-0.15, -0.1) is 0 Å². The van der Waals surface area contributed by atoms with E-state index in [1.165, 1.54) is 4.72 Å². The van der Waals surface area contributed by atoms with E-state index >= 15 is 0 Å². The van der Waals surface area contributed by atoms with Gasteiger partial charge in [-0.2, -0.15) is 36.3 Å². The highest BCUT2D eigenvalue weighted by Gasteiger charge is 2.44. The van der Waals surface area contributed by atoms with E-state index in [2.05, 4.69) is 5.32 Å². The first-order valence-electron chi connectivity index (χ1n) is 10.3. The van der Waals surface area contributed by atoms with E-state index in [9.17, 15) is 39.6 Å². The highest BCUT2D eigenvalue weighted by molar-refractivity contribution is 7.89. The van der Waals surface area contributed by atoms with Gasteiger partial charge in [-0.1, -0.05) is 12.1 Å². The second kappa shape index (κ2) is 9.87. The van der Waals surface area contributed by atoms with Crippen molar-refractivity contribution in [3.8, 4) is 6.07 Å². The molecule has 0 unspecified atom stereocenters. The van der Waals surface area contributed by atoms with Gasteiger partial charge in [0.2, 0.25) is 15.9 Å². The van der Waals surface area contributed by atoms with Crippen molar-refractivity contribution in [1.82, 2.24) is 10.0 Å². The Balaban J connectivity index is 1.70. The predicted molar refractivity (Wildman–Crippen MR) is 111 cm³/mol. The number of hydrogen-bond donors (Lipinski definition) is 2. The monoisotopic (exact) mass is 519 g/mol. The number of aryl methyl sites for hydroxylation is 1. The van der Waals surface area contributed by atoms with Gasteiger partial charge in [0.1, 0.15) is 6.04 Å². The van der Waals surface area contributed by atoms with Crippen molar-refractivity contribution >= 4 is 15.9 Å². The lowest BCUT2D eigenvalue weighted by molar-refractivity contribution is -0.158. The number of alkyl halides is 6. The maximum atomic E-state index is 13.5. The topological polar surface area (TPSA) is 99.1 Å². The van der Waals surface area contributed by atoms with Crippen LogP contribution in [0.4, 0.5) is 26.3 Å². The van der Waals surface area contributed by atoms with Crippen molar-refractivity contribution in [2.45, 2.75) is 55.0 Å². The van der Waals surface area contributed by atoms with Crippen LogP contribution in [0.2, 0.25) is 0 Å². The molecule has 0 aliphatic heterocycles. The van der Waals surface area contributed by atoms with E-state index in [-0.39, 0.29) is 6.07 Å². The number of nitrogens with zero attached hydrogens (tertiary/aromatic N) is 1. The number of halogens is 6. The lowest BCUT2D eigenvalue weighted by atomic mass is 9.87. The van der Waals surface area contributed by atoms with E-state index in [1.54, 1.807) is 18.2 Å². The molecule has 0 heterocycles. The molecule has 13 heteroatoms. The predicted octanol–water partition coefficient (Wildman–Crippen LogP) is 3.85. The van der Waals surface area contributed by atoms with Crippen LogP contribution in [0.5, 0.6) is 0 Å². The summed E-state index contributed by atoms with van der Waals surface area (Å²) in [6, 6.07) is 5.93. The SMILES string of the molecule is N#Cc1ccc2c(c1)CC[C@H](NC(=O)C[C@@H](NS(=O)(=O)c1cccc(C(F)(F)F)c1)C(F)(F)F)C2. The van der Waals surface area contributed by atoms with E-state index in [0.717, 1.165) is 23.3 Å². The Morgan fingerprint density at radius 3 is 2.43 bits per heavy atom. The lowest BCUT2D eigenvalue weighted by Gasteiger charge is -2.27. The zero-order chi connectivity index (χ0) is 26.0. The minimum Gasteiger partial charge on any atom is -0.353 e. The van der Waals surface area contributed by atoms with Crippen LogP contribution in [-0.2, 0) is 33.8 Å². The molecule has 2 N–H and O–H groups in total. The number of fused-ring (bicyclic) bond motifs is 1. The molecule has 0 bridgehead atoms. The molecule has 1 aliphatic rings. The molecule has 2 aromatic carbocycles. The van der Waals surface area contributed by atoms with E-state index in [4.69, 9.17) is 5.26 Å². The van der Waals surface area contributed by atoms with Crippen LogP contribution < -0.4 is 10.0 Å². The summed E-state index contributed by atoms with van der Waals surface area (Å²) in [5.41, 5.74) is 0.850. The van der Waals surface area contributed by atoms with Gasteiger partial charge in [0, 0.05) is 6.04 Å². The summed E-state index contributed by atoms with van der Waals surface area (Å²) in [6.45, 7) is 0. The van der Waals surface area contributed by atoms with E-state index < -0.39 is 57.2 Å². The summed E-state index contributed by atoms with van der Waals surface area (Å²) in [5.74, 6) is -1.07. The van der Waals surface area contributed by atoms with Crippen molar-refractivity contribution in [2.75, 3.05) is 0 Å². The first-order valence-corrected chi connectivity index (χ1v) is 11.7. The quantitative estimate of drug-likeness (QED) is 0.567. The third-order valence-corrected chi connectivity index (χ3v) is 6.95. The molecule has 0 saturated carbocycles. The Kier molecular flexibility index (Phi) is 7.47. The Labute approximate surface area is 197 Å². The zero-order valence-electron chi connectivity index (χ0n) is 17.9. The summed E-state index contributed by atoms with van der Waals surface area (Å²) >= 11 is 0. The fourth-order valence-electron chi connectivity index (χ4n) is 3.74. The molecule has 2 atom stereocenters. The van der Waals surface area contributed by atoms with E-state index in [1.807, 2.05) is 6.07 Å². The summed E-state index contributed by atoms with van der Waals surface area (Å²) in [4.78, 5) is 11.3. The smallest absolute Gasteiger partial charge is 0.353 e. The molecule has 6 nitrogen and oxygen atoms in total. The van der Waals surface area contributed by atoms with Gasteiger partial charge in [0.15, 0.2) is 0 Å². The number of benzene rings is 2. The van der Waals surface area contributed by atoms with Gasteiger partial charge in [0.25, 0.3) is 0 Å². The number of hydrogen-bond acceptors (Lipinski definition) is 4. The summed E-state index contributed by atoms with van der Waals surface area (Å²) in [6.07, 6.45) is -10.2. The van der Waals surface area contributed by atoms with E-state index in [0.29, 0.717) is 30.9 Å². The third kappa shape index (κ3) is 6.73. The van der Waals surface area contributed by atoms with Gasteiger partial charge in [-0.05, 0) is 60.7 Å². The summed E-state index contributed by atoms with van der Waals surface area (Å²) in [5, 5.41) is 11.4. The molecule has 188 valence electrons. The standard InChI is InChI=1S/C22H19F6N3O3S/c23-21(24,25)16-2-1-3-18(10-16)35(33,34)31-19(22(26,27)28)11-20(32)30-17-7-6-14-8-13(12-29)4-5-15(14)9-17/h1-5,8,10,17,19,31H,6-7,9,11H2,(H,30,32)/t17-,19+/m0/s1. The number of nitriles is 1. The fourth-order valence-corrected chi connectivity index (χ4v) is 5.01. The largest absolute Gasteiger partial charge is 0.416 e. The van der Waals surface area contributed by atoms with Crippen molar-refractivity contribution < 1.29 is 39.6 Å². The second-order valence-corrected chi connectivity index (χ2v) is 9.76. The molecular formula is C22H19F6N3O3S. The first kappa shape index (κ1) is 26.5. The van der Waals surface area contributed by atoms with Crippen LogP contribution in [0.3, 0.4) is 0 Å². The van der Waals surface area contributed by atoms with Crippen molar-refractivity contribution in [3.63, 3.8) is 0 Å². The fraction of sp³-hybridized carbons (Fsp3) is 0.364. The van der Waals surface area contributed by atoms with Crippen LogP contribution in [0, 0.1) is 11.3 Å². The van der Waals surface area contributed by atoms with Gasteiger partial charge in [0.05, 0.1) is 28.5 Å². The van der Waals surface area contributed by atoms with Gasteiger partial charge < -0.3 is 5.32 Å². The molecule has 1 amide bonds. The average molecular weight is 519 g/mol. The molecule has 2 aromatic rings. The third-order valence-electron chi connectivity index (χ3n) is 5.48. The summed E-state index contributed by atoms with van der Waals surface area (Å²) < 4.78 is 105.